The highest BCUT2D eigenvalue weighted by atomic mass is 16.5. The topological polar surface area (TPSA) is 33.7 Å². The predicted octanol–water partition coefficient (Wildman–Crippen LogP) is 2.06. The van der Waals surface area contributed by atoms with Crippen LogP contribution in [0, 0.1) is 0 Å². The molecule has 0 unspecified atom stereocenters. The van der Waals surface area contributed by atoms with Crippen molar-refractivity contribution in [2.45, 2.75) is 19.4 Å². The van der Waals surface area contributed by atoms with Crippen molar-refractivity contribution in [1.29, 1.82) is 0 Å². The van der Waals surface area contributed by atoms with Gasteiger partial charge in [-0.15, -0.1) is 0 Å². The molecule has 19 heavy (non-hydrogen) atoms. The number of rotatable bonds is 5. The molecule has 1 aromatic rings. The van der Waals surface area contributed by atoms with E-state index in [1.54, 1.807) is 14.2 Å². The van der Waals surface area contributed by atoms with E-state index < -0.39 is 0 Å². The normalized spacial score (nSPS) is 18.1. The maximum absolute atomic E-state index is 5.54. The van der Waals surface area contributed by atoms with Gasteiger partial charge in [0.25, 0.3) is 0 Å². The molecular weight excluding hydrogens is 240 g/mol. The minimum absolute atomic E-state index is 0.355. The van der Waals surface area contributed by atoms with Gasteiger partial charge in [0, 0.05) is 32.2 Å². The van der Waals surface area contributed by atoms with E-state index in [4.69, 9.17) is 9.47 Å². The van der Waals surface area contributed by atoms with Crippen molar-refractivity contribution >= 4 is 0 Å². The van der Waals surface area contributed by atoms with E-state index in [-0.39, 0.29) is 0 Å². The quantitative estimate of drug-likeness (QED) is 0.882. The first-order valence-corrected chi connectivity index (χ1v) is 6.97. The number of benzene rings is 1. The SMILES string of the molecule is CC[C@H](c1c(OC)cccc1OC)N1CCNCC1. The molecule has 1 atom stereocenters. The smallest absolute Gasteiger partial charge is 0.127 e. The number of methoxy groups -OCH3 is 2. The summed E-state index contributed by atoms with van der Waals surface area (Å²) >= 11 is 0. The second kappa shape index (κ2) is 6.78. The molecule has 1 aromatic carbocycles. The third kappa shape index (κ3) is 3.01. The Balaban J connectivity index is 2.35. The van der Waals surface area contributed by atoms with Crippen LogP contribution in [0.1, 0.15) is 24.9 Å². The zero-order valence-electron chi connectivity index (χ0n) is 12.1. The van der Waals surface area contributed by atoms with E-state index in [9.17, 15) is 0 Å². The highest BCUT2D eigenvalue weighted by molar-refractivity contribution is 5.47. The first-order valence-electron chi connectivity index (χ1n) is 6.97. The Kier molecular flexibility index (Phi) is 5.05. The van der Waals surface area contributed by atoms with Gasteiger partial charge >= 0.3 is 0 Å². The Labute approximate surface area is 115 Å². The summed E-state index contributed by atoms with van der Waals surface area (Å²) in [5, 5.41) is 3.40. The van der Waals surface area contributed by atoms with Crippen molar-refractivity contribution in [3.63, 3.8) is 0 Å². The zero-order chi connectivity index (χ0) is 13.7. The molecule has 0 saturated carbocycles. The number of hydrogen-bond acceptors (Lipinski definition) is 4. The number of piperazine rings is 1. The van der Waals surface area contributed by atoms with Crippen molar-refractivity contribution in [2.24, 2.45) is 0 Å². The summed E-state index contributed by atoms with van der Waals surface area (Å²) in [5.41, 5.74) is 1.18. The predicted molar refractivity (Wildman–Crippen MR) is 77.0 cm³/mol. The van der Waals surface area contributed by atoms with Crippen LogP contribution in [0.5, 0.6) is 11.5 Å². The molecule has 4 nitrogen and oxygen atoms in total. The zero-order valence-corrected chi connectivity index (χ0v) is 12.1. The van der Waals surface area contributed by atoms with E-state index in [0.29, 0.717) is 6.04 Å². The Morgan fingerprint density at radius 1 is 1.16 bits per heavy atom. The van der Waals surface area contributed by atoms with E-state index in [1.807, 2.05) is 18.2 Å². The van der Waals surface area contributed by atoms with Crippen LogP contribution in [-0.2, 0) is 0 Å². The standard InChI is InChI=1S/C15H24N2O2/c1-4-12(17-10-8-16-9-11-17)15-13(18-2)6-5-7-14(15)19-3/h5-7,12,16H,4,8-11H2,1-3H3/t12-/m1/s1. The fourth-order valence-corrected chi connectivity index (χ4v) is 2.85. The van der Waals surface area contributed by atoms with Crippen molar-refractivity contribution in [2.75, 3.05) is 40.4 Å². The van der Waals surface area contributed by atoms with Crippen molar-refractivity contribution in [1.82, 2.24) is 10.2 Å². The Bertz CT molecular complexity index is 381. The van der Waals surface area contributed by atoms with Crippen molar-refractivity contribution in [3.05, 3.63) is 23.8 Å². The molecule has 106 valence electrons. The van der Waals surface area contributed by atoms with Gasteiger partial charge in [0.15, 0.2) is 0 Å². The average molecular weight is 264 g/mol. The largest absolute Gasteiger partial charge is 0.496 e. The van der Waals surface area contributed by atoms with Crippen LogP contribution in [0.2, 0.25) is 0 Å². The third-order valence-electron chi connectivity index (χ3n) is 3.78. The summed E-state index contributed by atoms with van der Waals surface area (Å²) in [6.07, 6.45) is 1.05. The third-order valence-corrected chi connectivity index (χ3v) is 3.78. The fourth-order valence-electron chi connectivity index (χ4n) is 2.85. The van der Waals surface area contributed by atoms with E-state index in [2.05, 4.69) is 17.1 Å². The van der Waals surface area contributed by atoms with Gasteiger partial charge in [0.05, 0.1) is 19.8 Å². The average Bonchev–Trinajstić information content (AvgIpc) is 2.49. The molecule has 1 fully saturated rings. The second-order valence-electron chi connectivity index (χ2n) is 4.79. The lowest BCUT2D eigenvalue weighted by atomic mass is 9.99. The minimum Gasteiger partial charge on any atom is -0.496 e. The first kappa shape index (κ1) is 14.2. The van der Waals surface area contributed by atoms with Crippen LogP contribution in [0.3, 0.4) is 0 Å². The monoisotopic (exact) mass is 264 g/mol. The fraction of sp³-hybridized carbons (Fsp3) is 0.600. The molecule has 1 aliphatic heterocycles. The summed E-state index contributed by atoms with van der Waals surface area (Å²) < 4.78 is 11.1. The van der Waals surface area contributed by atoms with Crippen LogP contribution >= 0.6 is 0 Å². The number of ether oxygens (including phenoxy) is 2. The maximum Gasteiger partial charge on any atom is 0.127 e. The number of nitrogens with one attached hydrogen (secondary N) is 1. The van der Waals surface area contributed by atoms with Gasteiger partial charge in [-0.25, -0.2) is 0 Å². The molecular formula is C15H24N2O2. The summed E-state index contributed by atoms with van der Waals surface area (Å²) in [5.74, 6) is 1.84. The summed E-state index contributed by atoms with van der Waals surface area (Å²) in [6.45, 7) is 6.46. The van der Waals surface area contributed by atoms with Gasteiger partial charge in [-0.05, 0) is 18.6 Å². The Morgan fingerprint density at radius 3 is 2.21 bits per heavy atom. The Hall–Kier alpha value is -1.26. The van der Waals surface area contributed by atoms with Crippen LogP contribution in [0.15, 0.2) is 18.2 Å². The number of nitrogens with zero attached hydrogens (tertiary/aromatic N) is 1. The van der Waals surface area contributed by atoms with Gasteiger partial charge in [-0.3, -0.25) is 4.90 Å². The molecule has 1 saturated heterocycles. The second-order valence-corrected chi connectivity index (χ2v) is 4.79. The number of hydrogen-bond donors (Lipinski definition) is 1. The maximum atomic E-state index is 5.54. The van der Waals surface area contributed by atoms with Crippen molar-refractivity contribution < 1.29 is 9.47 Å². The lowest BCUT2D eigenvalue weighted by Gasteiger charge is -2.35. The summed E-state index contributed by atoms with van der Waals surface area (Å²) in [7, 11) is 3.45. The molecule has 4 heteroatoms. The van der Waals surface area contributed by atoms with Crippen LogP contribution in [0.25, 0.3) is 0 Å². The van der Waals surface area contributed by atoms with Crippen LogP contribution < -0.4 is 14.8 Å². The lowest BCUT2D eigenvalue weighted by Crippen LogP contribution is -2.45. The summed E-state index contributed by atoms with van der Waals surface area (Å²) in [6, 6.07) is 6.37. The molecule has 0 radical (unpaired) electrons. The van der Waals surface area contributed by atoms with Gasteiger partial charge < -0.3 is 14.8 Å². The van der Waals surface area contributed by atoms with Crippen LogP contribution in [-0.4, -0.2) is 45.3 Å². The molecule has 0 aliphatic carbocycles. The van der Waals surface area contributed by atoms with Gasteiger partial charge in [0.2, 0.25) is 0 Å². The van der Waals surface area contributed by atoms with Gasteiger partial charge in [0.1, 0.15) is 11.5 Å². The van der Waals surface area contributed by atoms with E-state index in [1.165, 1.54) is 5.56 Å². The first-order chi connectivity index (χ1) is 9.31. The molecule has 0 spiro atoms. The molecule has 1 aliphatic rings. The lowest BCUT2D eigenvalue weighted by molar-refractivity contribution is 0.163. The highest BCUT2D eigenvalue weighted by Crippen LogP contribution is 2.38. The molecule has 1 N–H and O–H groups in total. The molecule has 0 bridgehead atoms. The molecule has 1 heterocycles. The molecule has 0 amide bonds. The van der Waals surface area contributed by atoms with Crippen molar-refractivity contribution in [3.8, 4) is 11.5 Å². The van der Waals surface area contributed by atoms with E-state index in [0.717, 1.165) is 44.1 Å². The Morgan fingerprint density at radius 2 is 1.74 bits per heavy atom. The highest BCUT2D eigenvalue weighted by Gasteiger charge is 2.26. The summed E-state index contributed by atoms with van der Waals surface area (Å²) in [4.78, 5) is 2.51. The van der Waals surface area contributed by atoms with E-state index >= 15 is 0 Å². The van der Waals surface area contributed by atoms with Crippen LogP contribution in [0.4, 0.5) is 0 Å². The minimum atomic E-state index is 0.355. The molecule has 2 rings (SSSR count). The molecule has 0 aromatic heterocycles. The van der Waals surface area contributed by atoms with Gasteiger partial charge in [-0.1, -0.05) is 13.0 Å². The van der Waals surface area contributed by atoms with Gasteiger partial charge in [-0.2, -0.15) is 0 Å².